The molecule has 4 N–H and O–H groups in total. The van der Waals surface area contributed by atoms with E-state index in [0.717, 1.165) is 70.6 Å². The SMILES string of the molecule is CCCCCCC/C=C\C/C=C\C/C=C\CCCCCCCCC(=O)OC(COCCCCCCCCCCCC/C=C\CCCCCCCC)COP(=O)(O)OCC(N)C(=O)O. The summed E-state index contributed by atoms with van der Waals surface area (Å²) in [6.07, 6.45) is 57.3. The van der Waals surface area contributed by atoms with Crippen molar-refractivity contribution in [2.75, 3.05) is 26.4 Å². The van der Waals surface area contributed by atoms with Gasteiger partial charge in [0.25, 0.3) is 0 Å². The van der Waals surface area contributed by atoms with Crippen LogP contribution in [0.25, 0.3) is 0 Å². The van der Waals surface area contributed by atoms with Gasteiger partial charge >= 0.3 is 19.8 Å². The van der Waals surface area contributed by atoms with Crippen LogP contribution in [0.5, 0.6) is 0 Å². The first-order valence-electron chi connectivity index (χ1n) is 25.7. The zero-order valence-electron chi connectivity index (χ0n) is 40.4. The maximum atomic E-state index is 12.7. The van der Waals surface area contributed by atoms with Gasteiger partial charge in [-0.2, -0.15) is 0 Å². The van der Waals surface area contributed by atoms with Crippen LogP contribution in [0.15, 0.2) is 48.6 Å². The molecule has 368 valence electrons. The van der Waals surface area contributed by atoms with Crippen LogP contribution in [-0.2, 0) is 32.7 Å². The summed E-state index contributed by atoms with van der Waals surface area (Å²) < 4.78 is 33.5. The molecule has 0 heterocycles. The number of carbonyl (C=O) groups is 2. The highest BCUT2D eigenvalue weighted by Gasteiger charge is 2.27. The molecule has 0 bridgehead atoms. The number of carboxylic acid groups (broad SMARTS) is 1. The van der Waals surface area contributed by atoms with Crippen molar-refractivity contribution in [3.8, 4) is 0 Å². The van der Waals surface area contributed by atoms with Crippen LogP contribution in [0.3, 0.4) is 0 Å². The van der Waals surface area contributed by atoms with Crippen LogP contribution in [-0.4, -0.2) is 60.5 Å². The predicted octanol–water partition coefficient (Wildman–Crippen LogP) is 15.0. The topological polar surface area (TPSA) is 155 Å². The lowest BCUT2D eigenvalue weighted by Gasteiger charge is -2.20. The van der Waals surface area contributed by atoms with Gasteiger partial charge in [0.2, 0.25) is 0 Å². The van der Waals surface area contributed by atoms with E-state index in [1.807, 2.05) is 0 Å². The van der Waals surface area contributed by atoms with Crippen LogP contribution in [0.2, 0.25) is 0 Å². The van der Waals surface area contributed by atoms with E-state index in [-0.39, 0.29) is 13.0 Å². The van der Waals surface area contributed by atoms with Crippen molar-refractivity contribution >= 4 is 19.8 Å². The van der Waals surface area contributed by atoms with E-state index in [1.54, 1.807) is 0 Å². The number of carboxylic acids is 1. The molecule has 10 nitrogen and oxygen atoms in total. The smallest absolute Gasteiger partial charge is 0.472 e. The normalized spacial score (nSPS) is 14.1. The molecule has 0 amide bonds. The van der Waals surface area contributed by atoms with E-state index in [9.17, 15) is 19.0 Å². The quantitative estimate of drug-likeness (QED) is 0.0232. The van der Waals surface area contributed by atoms with E-state index in [1.165, 1.54) is 135 Å². The van der Waals surface area contributed by atoms with Gasteiger partial charge in [-0.05, 0) is 77.0 Å². The molecule has 0 rings (SSSR count). The molecule has 0 spiro atoms. The van der Waals surface area contributed by atoms with Crippen molar-refractivity contribution in [1.82, 2.24) is 0 Å². The van der Waals surface area contributed by atoms with E-state index in [0.29, 0.717) is 13.0 Å². The number of phosphoric acid groups is 1. The van der Waals surface area contributed by atoms with Gasteiger partial charge in [-0.25, -0.2) is 4.57 Å². The van der Waals surface area contributed by atoms with Gasteiger partial charge in [0.05, 0.1) is 19.8 Å². The molecule has 63 heavy (non-hydrogen) atoms. The monoisotopic (exact) mass is 910 g/mol. The molecule has 0 aromatic rings. The molecule has 0 aliphatic carbocycles. The highest BCUT2D eigenvalue weighted by atomic mass is 31.2. The molecule has 0 aliphatic heterocycles. The Kier molecular flexibility index (Phi) is 46.3. The maximum Gasteiger partial charge on any atom is 0.472 e. The molecule has 0 radical (unpaired) electrons. The number of hydrogen-bond acceptors (Lipinski definition) is 8. The number of aliphatic carboxylic acids is 1. The molecular formula is C52H96NO9P. The van der Waals surface area contributed by atoms with Gasteiger partial charge in [-0.1, -0.05) is 197 Å². The molecule has 0 saturated heterocycles. The Bertz CT molecular complexity index is 1190. The van der Waals surface area contributed by atoms with Gasteiger partial charge in [-0.15, -0.1) is 0 Å². The van der Waals surface area contributed by atoms with Crippen molar-refractivity contribution < 1.29 is 42.7 Å². The van der Waals surface area contributed by atoms with Crippen LogP contribution < -0.4 is 5.73 Å². The van der Waals surface area contributed by atoms with Crippen LogP contribution in [0.4, 0.5) is 0 Å². The Morgan fingerprint density at radius 2 is 0.873 bits per heavy atom. The number of ether oxygens (including phenoxy) is 2. The third kappa shape index (κ3) is 47.7. The lowest BCUT2D eigenvalue weighted by atomic mass is 10.1. The minimum atomic E-state index is -4.63. The highest BCUT2D eigenvalue weighted by molar-refractivity contribution is 7.47. The minimum Gasteiger partial charge on any atom is -0.480 e. The summed E-state index contributed by atoms with van der Waals surface area (Å²) in [6.45, 7) is 3.87. The summed E-state index contributed by atoms with van der Waals surface area (Å²) >= 11 is 0. The summed E-state index contributed by atoms with van der Waals surface area (Å²) in [4.78, 5) is 33.7. The number of allylic oxidation sites excluding steroid dienone is 8. The van der Waals surface area contributed by atoms with Gasteiger partial charge in [0, 0.05) is 13.0 Å². The van der Waals surface area contributed by atoms with Gasteiger partial charge in [-0.3, -0.25) is 18.6 Å². The molecule has 3 atom stereocenters. The van der Waals surface area contributed by atoms with Crippen molar-refractivity contribution in [1.29, 1.82) is 0 Å². The zero-order chi connectivity index (χ0) is 46.2. The molecule has 0 fully saturated rings. The molecule has 0 saturated carbocycles. The maximum absolute atomic E-state index is 12.7. The Hall–Kier alpha value is -2.07. The molecule has 3 unspecified atom stereocenters. The summed E-state index contributed by atoms with van der Waals surface area (Å²) in [6, 6.07) is -1.48. The average Bonchev–Trinajstić information content (AvgIpc) is 3.26. The fourth-order valence-electron chi connectivity index (χ4n) is 7.08. The largest absolute Gasteiger partial charge is 0.480 e. The first-order chi connectivity index (χ1) is 30.7. The second-order valence-corrected chi connectivity index (χ2v) is 18.7. The fraction of sp³-hybridized carbons (Fsp3) is 0.808. The number of carbonyl (C=O) groups excluding carboxylic acids is 1. The van der Waals surface area contributed by atoms with Gasteiger partial charge in [0.1, 0.15) is 12.1 Å². The molecule has 0 aromatic carbocycles. The third-order valence-electron chi connectivity index (χ3n) is 11.1. The number of phosphoric ester groups is 1. The minimum absolute atomic E-state index is 0.0106. The standard InChI is InChI=1S/C52H96NO9P/c1-3-5-7-9-11-13-15-17-19-21-23-25-26-28-30-32-34-36-38-40-42-44-51(54)62-49(47-60-63(57,58)61-48-50(53)52(55)56)46-59-45-43-41-39-37-35-33-31-29-27-24-22-20-18-16-14-12-10-8-6-4-2/h15,17-18,20-21,23,26,28,49-50H,3-14,16,19,22,24-25,27,29-48,53H2,1-2H3,(H,55,56)(H,57,58)/b17-15-,20-18-,23-21-,28-26-. The first-order valence-corrected chi connectivity index (χ1v) is 27.2. The van der Waals surface area contributed by atoms with Crippen LogP contribution in [0.1, 0.15) is 232 Å². The average molecular weight is 910 g/mol. The Morgan fingerprint density at radius 3 is 1.32 bits per heavy atom. The molecule has 0 aromatic heterocycles. The lowest BCUT2D eigenvalue weighted by Crippen LogP contribution is -2.34. The lowest BCUT2D eigenvalue weighted by molar-refractivity contribution is -0.154. The predicted molar refractivity (Wildman–Crippen MR) is 263 cm³/mol. The first kappa shape index (κ1) is 60.9. The van der Waals surface area contributed by atoms with Crippen molar-refractivity contribution in [3.63, 3.8) is 0 Å². The summed E-state index contributed by atoms with van der Waals surface area (Å²) in [5.41, 5.74) is 5.37. The molecule has 0 aliphatic rings. The van der Waals surface area contributed by atoms with Crippen molar-refractivity contribution in [2.45, 2.75) is 244 Å². The van der Waals surface area contributed by atoms with Crippen LogP contribution in [0, 0.1) is 0 Å². The Labute approximate surface area is 386 Å². The number of esters is 1. The highest BCUT2D eigenvalue weighted by Crippen LogP contribution is 2.43. The third-order valence-corrected chi connectivity index (χ3v) is 12.0. The summed E-state index contributed by atoms with van der Waals surface area (Å²) in [5.74, 6) is -1.79. The number of unbranched alkanes of at least 4 members (excludes halogenated alkanes) is 27. The van der Waals surface area contributed by atoms with Crippen molar-refractivity contribution in [2.24, 2.45) is 5.73 Å². The second-order valence-electron chi connectivity index (χ2n) is 17.3. The van der Waals surface area contributed by atoms with Crippen LogP contribution >= 0.6 is 7.82 Å². The van der Waals surface area contributed by atoms with Crippen molar-refractivity contribution in [3.05, 3.63) is 48.6 Å². The van der Waals surface area contributed by atoms with E-state index >= 15 is 0 Å². The molecule has 11 heteroatoms. The number of hydrogen-bond donors (Lipinski definition) is 3. The Morgan fingerprint density at radius 1 is 0.508 bits per heavy atom. The molecular weight excluding hydrogens is 814 g/mol. The Balaban J connectivity index is 4.18. The van der Waals surface area contributed by atoms with E-state index in [4.69, 9.17) is 29.4 Å². The number of nitrogens with two attached hydrogens (primary N) is 1. The van der Waals surface area contributed by atoms with E-state index in [2.05, 4.69) is 62.5 Å². The fourth-order valence-corrected chi connectivity index (χ4v) is 7.86. The van der Waals surface area contributed by atoms with Gasteiger partial charge < -0.3 is 25.2 Å². The van der Waals surface area contributed by atoms with Gasteiger partial charge in [0.15, 0.2) is 0 Å². The summed E-state index contributed by atoms with van der Waals surface area (Å²) in [5, 5.41) is 8.93. The zero-order valence-corrected chi connectivity index (χ0v) is 41.3. The van der Waals surface area contributed by atoms with E-state index < -0.39 is 45.1 Å². The number of rotatable bonds is 49. The second kappa shape index (κ2) is 47.9. The summed E-state index contributed by atoms with van der Waals surface area (Å²) in [7, 11) is -4.63.